The molecule has 4 heteroatoms. The molecule has 1 aromatic rings. The van der Waals surface area contributed by atoms with Crippen LogP contribution >= 0.6 is 15.9 Å². The van der Waals surface area contributed by atoms with Crippen LogP contribution in [0.3, 0.4) is 0 Å². The first-order valence-electron chi connectivity index (χ1n) is 3.47. The minimum absolute atomic E-state index is 0.407. The molecule has 0 bridgehead atoms. The highest BCUT2D eigenvalue weighted by Gasteiger charge is 2.21. The number of halogens is 1. The second kappa shape index (κ2) is 3.74. The second-order valence-corrected chi connectivity index (χ2v) is 3.35. The number of hydrogen-bond donors (Lipinski definition) is 1. The third-order valence-electron chi connectivity index (χ3n) is 1.59. The van der Waals surface area contributed by atoms with Gasteiger partial charge in [-0.2, -0.15) is 5.26 Å². The maximum Gasteiger partial charge on any atom is 0.147 e. The molecule has 1 rings (SSSR count). The van der Waals surface area contributed by atoms with Gasteiger partial charge in [0.15, 0.2) is 0 Å². The van der Waals surface area contributed by atoms with Crippen LogP contribution in [-0.4, -0.2) is 5.11 Å². The van der Waals surface area contributed by atoms with Gasteiger partial charge in [0.1, 0.15) is 11.9 Å². The van der Waals surface area contributed by atoms with Crippen molar-refractivity contribution in [1.29, 1.82) is 5.26 Å². The predicted molar refractivity (Wildman–Crippen MR) is 46.1 cm³/mol. The van der Waals surface area contributed by atoms with Crippen LogP contribution in [0.25, 0.3) is 0 Å². The molecular formula is C8H8BrNO2. The van der Waals surface area contributed by atoms with Gasteiger partial charge in [0, 0.05) is 0 Å². The van der Waals surface area contributed by atoms with Crippen LogP contribution in [0.5, 0.6) is 0 Å². The molecule has 0 aliphatic carbocycles. The first-order valence-corrected chi connectivity index (χ1v) is 4.26. The summed E-state index contributed by atoms with van der Waals surface area (Å²) in [5.41, 5.74) is 0. The Morgan fingerprint density at radius 2 is 2.42 bits per heavy atom. The molecule has 0 fully saturated rings. The number of nitriles is 1. The zero-order valence-corrected chi connectivity index (χ0v) is 8.08. The summed E-state index contributed by atoms with van der Waals surface area (Å²) in [6.07, 6.45) is 0.603. The van der Waals surface area contributed by atoms with Crippen molar-refractivity contribution < 1.29 is 9.52 Å². The van der Waals surface area contributed by atoms with Gasteiger partial charge in [-0.25, -0.2) is 0 Å². The molecule has 1 aromatic heterocycles. The fourth-order valence-electron chi connectivity index (χ4n) is 0.814. The largest absolute Gasteiger partial charge is 0.465 e. The summed E-state index contributed by atoms with van der Waals surface area (Å²) >= 11 is 3.20. The third-order valence-corrected chi connectivity index (χ3v) is 2.25. The van der Waals surface area contributed by atoms with Gasteiger partial charge in [-0.05, 0) is 28.9 Å². The Balaban J connectivity index is 2.86. The SMILES string of the molecule is CC(C#N)C(O)c1occc1Br. The summed E-state index contributed by atoms with van der Waals surface area (Å²) in [6.45, 7) is 1.64. The molecule has 1 heterocycles. The second-order valence-electron chi connectivity index (χ2n) is 2.50. The van der Waals surface area contributed by atoms with E-state index in [1.54, 1.807) is 13.0 Å². The van der Waals surface area contributed by atoms with E-state index in [1.807, 2.05) is 6.07 Å². The molecule has 0 aliphatic rings. The van der Waals surface area contributed by atoms with E-state index in [4.69, 9.17) is 9.68 Å². The Hall–Kier alpha value is -0.790. The van der Waals surface area contributed by atoms with Gasteiger partial charge in [-0.15, -0.1) is 0 Å². The van der Waals surface area contributed by atoms with Crippen LogP contribution < -0.4 is 0 Å². The summed E-state index contributed by atoms with van der Waals surface area (Å²) < 4.78 is 5.69. The molecule has 0 aromatic carbocycles. The van der Waals surface area contributed by atoms with Crippen molar-refractivity contribution in [3.05, 3.63) is 22.6 Å². The maximum atomic E-state index is 9.51. The number of aliphatic hydroxyl groups is 1. The highest BCUT2D eigenvalue weighted by Crippen LogP contribution is 2.28. The number of nitrogens with zero attached hydrogens (tertiary/aromatic N) is 1. The average molecular weight is 230 g/mol. The lowest BCUT2D eigenvalue weighted by atomic mass is 10.1. The molecule has 0 aliphatic heterocycles. The van der Waals surface area contributed by atoms with E-state index in [0.717, 1.165) is 0 Å². The number of furan rings is 1. The van der Waals surface area contributed by atoms with Crippen LogP contribution in [0.4, 0.5) is 0 Å². The normalized spacial score (nSPS) is 15.2. The average Bonchev–Trinajstić information content (AvgIpc) is 2.48. The van der Waals surface area contributed by atoms with Gasteiger partial charge in [0.25, 0.3) is 0 Å². The molecule has 1 N–H and O–H groups in total. The van der Waals surface area contributed by atoms with Gasteiger partial charge in [-0.3, -0.25) is 0 Å². The third kappa shape index (κ3) is 1.68. The van der Waals surface area contributed by atoms with Crippen LogP contribution in [0.15, 0.2) is 21.2 Å². The number of rotatable bonds is 2. The Labute approximate surface area is 78.7 Å². The molecule has 0 amide bonds. The Morgan fingerprint density at radius 1 is 1.75 bits per heavy atom. The fourth-order valence-corrected chi connectivity index (χ4v) is 1.25. The van der Waals surface area contributed by atoms with Crippen molar-refractivity contribution in [3.63, 3.8) is 0 Å². The van der Waals surface area contributed by atoms with Gasteiger partial charge in [0.05, 0.1) is 22.7 Å². The van der Waals surface area contributed by atoms with Gasteiger partial charge in [-0.1, -0.05) is 0 Å². The van der Waals surface area contributed by atoms with Crippen molar-refractivity contribution in [2.24, 2.45) is 5.92 Å². The zero-order chi connectivity index (χ0) is 9.14. The lowest BCUT2D eigenvalue weighted by molar-refractivity contribution is 0.116. The van der Waals surface area contributed by atoms with Crippen molar-refractivity contribution in [1.82, 2.24) is 0 Å². The molecule has 0 spiro atoms. The van der Waals surface area contributed by atoms with Crippen LogP contribution in [0.1, 0.15) is 18.8 Å². The highest BCUT2D eigenvalue weighted by atomic mass is 79.9. The lowest BCUT2D eigenvalue weighted by Gasteiger charge is -2.09. The summed E-state index contributed by atoms with van der Waals surface area (Å²) in [5.74, 6) is -0.0588. The molecule has 12 heavy (non-hydrogen) atoms. The van der Waals surface area contributed by atoms with Crippen LogP contribution in [0, 0.1) is 17.2 Å². The van der Waals surface area contributed by atoms with Gasteiger partial charge >= 0.3 is 0 Å². The molecule has 0 saturated heterocycles. The Morgan fingerprint density at radius 3 is 2.83 bits per heavy atom. The fraction of sp³-hybridized carbons (Fsp3) is 0.375. The molecule has 2 unspecified atom stereocenters. The van der Waals surface area contributed by atoms with E-state index < -0.39 is 12.0 Å². The monoisotopic (exact) mass is 229 g/mol. The van der Waals surface area contributed by atoms with Crippen molar-refractivity contribution in [3.8, 4) is 6.07 Å². The smallest absolute Gasteiger partial charge is 0.147 e. The van der Waals surface area contributed by atoms with Crippen LogP contribution in [0.2, 0.25) is 0 Å². The quantitative estimate of drug-likeness (QED) is 0.847. The van der Waals surface area contributed by atoms with E-state index in [9.17, 15) is 5.11 Å². The molecule has 0 radical (unpaired) electrons. The summed E-state index contributed by atoms with van der Waals surface area (Å²) in [5, 5.41) is 18.0. The van der Waals surface area contributed by atoms with Gasteiger partial charge < -0.3 is 9.52 Å². The van der Waals surface area contributed by atoms with Crippen molar-refractivity contribution in [2.75, 3.05) is 0 Å². The minimum atomic E-state index is -0.862. The topological polar surface area (TPSA) is 57.2 Å². The van der Waals surface area contributed by atoms with E-state index in [1.165, 1.54) is 6.26 Å². The summed E-state index contributed by atoms with van der Waals surface area (Å²) in [7, 11) is 0. The first-order chi connectivity index (χ1) is 5.66. The van der Waals surface area contributed by atoms with E-state index >= 15 is 0 Å². The first kappa shape index (κ1) is 9.30. The highest BCUT2D eigenvalue weighted by molar-refractivity contribution is 9.10. The molecule has 2 atom stereocenters. The van der Waals surface area contributed by atoms with E-state index in [0.29, 0.717) is 10.2 Å². The Bertz CT molecular complexity index is 302. The molecular weight excluding hydrogens is 222 g/mol. The predicted octanol–water partition coefficient (Wildman–Crippen LogP) is 2.24. The zero-order valence-electron chi connectivity index (χ0n) is 6.49. The maximum absolute atomic E-state index is 9.51. The van der Waals surface area contributed by atoms with Crippen molar-refractivity contribution >= 4 is 15.9 Å². The number of aliphatic hydroxyl groups excluding tert-OH is 1. The minimum Gasteiger partial charge on any atom is -0.465 e. The van der Waals surface area contributed by atoms with Crippen LogP contribution in [-0.2, 0) is 0 Å². The Kier molecular flexibility index (Phi) is 2.90. The summed E-state index contributed by atoms with van der Waals surface area (Å²) in [4.78, 5) is 0. The van der Waals surface area contributed by atoms with E-state index in [-0.39, 0.29) is 0 Å². The molecule has 0 saturated carbocycles. The van der Waals surface area contributed by atoms with Gasteiger partial charge in [0.2, 0.25) is 0 Å². The summed E-state index contributed by atoms with van der Waals surface area (Å²) in [6, 6.07) is 3.63. The lowest BCUT2D eigenvalue weighted by Crippen LogP contribution is -2.06. The van der Waals surface area contributed by atoms with E-state index in [2.05, 4.69) is 15.9 Å². The standard InChI is InChI=1S/C8H8BrNO2/c1-5(4-10)7(11)8-6(9)2-3-12-8/h2-3,5,7,11H,1H3. The number of hydrogen-bond acceptors (Lipinski definition) is 3. The van der Waals surface area contributed by atoms with Crippen molar-refractivity contribution in [2.45, 2.75) is 13.0 Å². The molecule has 64 valence electrons. The molecule has 3 nitrogen and oxygen atoms in total.